The largest absolute Gasteiger partial charge is 0.481 e. The lowest BCUT2D eigenvalue weighted by atomic mass is 10.0. The van der Waals surface area contributed by atoms with Crippen LogP contribution in [0, 0.1) is 5.92 Å². The van der Waals surface area contributed by atoms with Gasteiger partial charge in [0.2, 0.25) is 5.91 Å². The number of carbonyl (C=O) groups excluding carboxylic acids is 1. The Morgan fingerprint density at radius 3 is 2.63 bits per heavy atom. The van der Waals surface area contributed by atoms with E-state index in [1.807, 2.05) is 13.8 Å². The third-order valence-corrected chi connectivity index (χ3v) is 2.61. The molecule has 0 aliphatic heterocycles. The monoisotopic (exact) mass is 264 g/mol. The molecule has 1 rings (SSSR count). The minimum absolute atomic E-state index is 0.0677. The van der Waals surface area contributed by atoms with E-state index in [4.69, 9.17) is 10.8 Å². The highest BCUT2D eigenvalue weighted by Crippen LogP contribution is 2.12. The number of hydrogen-bond acceptors (Lipinski definition) is 3. The zero-order valence-corrected chi connectivity index (χ0v) is 11.2. The molecule has 5 nitrogen and oxygen atoms in total. The second-order valence-electron chi connectivity index (χ2n) is 5.00. The highest BCUT2D eigenvalue weighted by molar-refractivity contribution is 5.94. The summed E-state index contributed by atoms with van der Waals surface area (Å²) < 4.78 is 0. The number of anilines is 1. The van der Waals surface area contributed by atoms with Crippen LogP contribution in [0.25, 0.3) is 0 Å². The average molecular weight is 264 g/mol. The number of rotatable bonds is 6. The summed E-state index contributed by atoms with van der Waals surface area (Å²) in [7, 11) is 0. The van der Waals surface area contributed by atoms with Crippen molar-refractivity contribution >= 4 is 17.6 Å². The Balaban J connectivity index is 2.66. The quantitative estimate of drug-likeness (QED) is 0.728. The minimum Gasteiger partial charge on any atom is -0.481 e. The molecule has 4 N–H and O–H groups in total. The second-order valence-corrected chi connectivity index (χ2v) is 5.00. The van der Waals surface area contributed by atoms with Crippen molar-refractivity contribution in [2.24, 2.45) is 11.7 Å². The van der Waals surface area contributed by atoms with E-state index >= 15 is 0 Å². The first kappa shape index (κ1) is 15.2. The van der Waals surface area contributed by atoms with Crippen molar-refractivity contribution in [2.45, 2.75) is 32.7 Å². The van der Waals surface area contributed by atoms with Crippen LogP contribution in [0.2, 0.25) is 0 Å². The molecule has 1 aromatic carbocycles. The van der Waals surface area contributed by atoms with Gasteiger partial charge in [0.05, 0.1) is 12.5 Å². The number of nitrogens with one attached hydrogen (secondary N) is 1. The Hall–Kier alpha value is -1.88. The van der Waals surface area contributed by atoms with Crippen molar-refractivity contribution in [3.8, 4) is 0 Å². The van der Waals surface area contributed by atoms with Gasteiger partial charge in [-0.25, -0.2) is 0 Å². The van der Waals surface area contributed by atoms with E-state index in [0.717, 1.165) is 0 Å². The molecule has 1 amide bonds. The lowest BCUT2D eigenvalue weighted by Gasteiger charge is -2.14. The highest BCUT2D eigenvalue weighted by atomic mass is 16.4. The summed E-state index contributed by atoms with van der Waals surface area (Å²) in [5.41, 5.74) is 6.99. The second kappa shape index (κ2) is 6.89. The smallest absolute Gasteiger partial charge is 0.307 e. The van der Waals surface area contributed by atoms with Crippen LogP contribution < -0.4 is 11.1 Å². The number of hydrogen-bond donors (Lipinski definition) is 3. The number of amides is 1. The van der Waals surface area contributed by atoms with Gasteiger partial charge in [-0.2, -0.15) is 0 Å². The molecule has 1 atom stereocenters. The van der Waals surface area contributed by atoms with Crippen molar-refractivity contribution < 1.29 is 14.7 Å². The molecule has 5 heteroatoms. The number of carboxylic acids is 1. The predicted molar refractivity (Wildman–Crippen MR) is 73.8 cm³/mol. The summed E-state index contributed by atoms with van der Waals surface area (Å²) in [6.45, 7) is 4.00. The third-order valence-electron chi connectivity index (χ3n) is 2.61. The Kier molecular flexibility index (Phi) is 5.51. The summed E-state index contributed by atoms with van der Waals surface area (Å²) in [6.07, 6.45) is 0.544. The molecule has 0 radical (unpaired) electrons. The lowest BCUT2D eigenvalue weighted by molar-refractivity contribution is -0.136. The average Bonchev–Trinajstić information content (AvgIpc) is 2.27. The number of carboxylic acid groups (broad SMARTS) is 1. The Morgan fingerprint density at radius 1 is 1.37 bits per heavy atom. The first-order valence-electron chi connectivity index (χ1n) is 6.25. The van der Waals surface area contributed by atoms with Gasteiger partial charge in [-0.3, -0.25) is 9.59 Å². The molecular weight excluding hydrogens is 244 g/mol. The molecule has 0 aromatic heterocycles. The molecule has 0 bridgehead atoms. The molecule has 0 heterocycles. The van der Waals surface area contributed by atoms with Crippen molar-refractivity contribution in [1.82, 2.24) is 0 Å². The molecule has 0 aliphatic rings. The zero-order chi connectivity index (χ0) is 14.4. The van der Waals surface area contributed by atoms with Gasteiger partial charge >= 0.3 is 5.97 Å². The molecule has 0 spiro atoms. The lowest BCUT2D eigenvalue weighted by Crippen LogP contribution is -2.36. The van der Waals surface area contributed by atoms with Crippen LogP contribution in [-0.4, -0.2) is 23.0 Å². The molecule has 0 saturated carbocycles. The van der Waals surface area contributed by atoms with Crippen LogP contribution in [0.3, 0.4) is 0 Å². The van der Waals surface area contributed by atoms with Crippen molar-refractivity contribution in [2.75, 3.05) is 5.32 Å². The van der Waals surface area contributed by atoms with E-state index in [1.54, 1.807) is 24.3 Å². The van der Waals surface area contributed by atoms with Gasteiger partial charge in [-0.05, 0) is 30.0 Å². The summed E-state index contributed by atoms with van der Waals surface area (Å²) in [4.78, 5) is 22.5. The van der Waals surface area contributed by atoms with E-state index in [2.05, 4.69) is 5.32 Å². The molecule has 19 heavy (non-hydrogen) atoms. The number of benzene rings is 1. The van der Waals surface area contributed by atoms with E-state index < -0.39 is 12.0 Å². The number of aliphatic carboxylic acids is 1. The Morgan fingerprint density at radius 2 is 2.05 bits per heavy atom. The normalized spacial score (nSPS) is 12.2. The Labute approximate surface area is 112 Å². The fourth-order valence-electron chi connectivity index (χ4n) is 1.78. The van der Waals surface area contributed by atoms with Crippen molar-refractivity contribution in [3.05, 3.63) is 29.8 Å². The molecule has 104 valence electrons. The molecule has 0 saturated heterocycles. The number of nitrogens with two attached hydrogens (primary N) is 1. The van der Waals surface area contributed by atoms with Crippen LogP contribution in [0.15, 0.2) is 24.3 Å². The first-order valence-corrected chi connectivity index (χ1v) is 6.25. The molecule has 0 unspecified atom stereocenters. The van der Waals surface area contributed by atoms with Gasteiger partial charge in [0.1, 0.15) is 0 Å². The van der Waals surface area contributed by atoms with Gasteiger partial charge in [0, 0.05) is 5.69 Å². The van der Waals surface area contributed by atoms with E-state index in [-0.39, 0.29) is 12.3 Å². The Bertz CT molecular complexity index is 458. The summed E-state index contributed by atoms with van der Waals surface area (Å²) in [5, 5.41) is 11.4. The van der Waals surface area contributed by atoms with Crippen molar-refractivity contribution in [3.63, 3.8) is 0 Å². The molecular formula is C14H20N2O3. The standard InChI is InChI=1S/C14H20N2O3/c1-9(2)6-12(15)14(19)16-11-5-3-4-10(7-11)8-13(17)18/h3-5,7,9,12H,6,8,15H2,1-2H3,(H,16,19)(H,17,18)/t12-/m0/s1. The van der Waals surface area contributed by atoms with Crippen molar-refractivity contribution in [1.29, 1.82) is 0 Å². The van der Waals surface area contributed by atoms with Gasteiger partial charge in [-0.1, -0.05) is 26.0 Å². The van der Waals surface area contributed by atoms with E-state index in [9.17, 15) is 9.59 Å². The summed E-state index contributed by atoms with van der Waals surface area (Å²) in [5.74, 6) is -0.805. The topological polar surface area (TPSA) is 92.4 Å². The van der Waals surface area contributed by atoms with E-state index in [0.29, 0.717) is 23.6 Å². The third kappa shape index (κ3) is 5.52. The van der Waals surface area contributed by atoms with Crippen LogP contribution in [0.4, 0.5) is 5.69 Å². The van der Waals surface area contributed by atoms with Crippen LogP contribution in [0.5, 0.6) is 0 Å². The van der Waals surface area contributed by atoms with Gasteiger partial charge in [0.25, 0.3) is 0 Å². The first-order chi connectivity index (χ1) is 8.88. The number of carbonyl (C=O) groups is 2. The maximum Gasteiger partial charge on any atom is 0.307 e. The predicted octanol–water partition coefficient (Wildman–Crippen LogP) is 1.63. The van der Waals surface area contributed by atoms with Gasteiger partial charge in [-0.15, -0.1) is 0 Å². The summed E-state index contributed by atoms with van der Waals surface area (Å²) in [6, 6.07) is 6.22. The highest BCUT2D eigenvalue weighted by Gasteiger charge is 2.15. The zero-order valence-electron chi connectivity index (χ0n) is 11.2. The maximum atomic E-state index is 11.8. The minimum atomic E-state index is -0.903. The molecule has 0 aliphatic carbocycles. The maximum absolute atomic E-state index is 11.8. The van der Waals surface area contributed by atoms with Crippen LogP contribution >= 0.6 is 0 Å². The SMILES string of the molecule is CC(C)C[C@H](N)C(=O)Nc1cccc(CC(=O)O)c1. The molecule has 0 fully saturated rings. The summed E-state index contributed by atoms with van der Waals surface area (Å²) >= 11 is 0. The van der Waals surface area contributed by atoms with Gasteiger partial charge in [0.15, 0.2) is 0 Å². The van der Waals surface area contributed by atoms with Gasteiger partial charge < -0.3 is 16.2 Å². The fraction of sp³-hybridized carbons (Fsp3) is 0.429. The molecule has 1 aromatic rings. The fourth-order valence-corrected chi connectivity index (χ4v) is 1.78. The van der Waals surface area contributed by atoms with Crippen LogP contribution in [0.1, 0.15) is 25.8 Å². The van der Waals surface area contributed by atoms with Crippen LogP contribution in [-0.2, 0) is 16.0 Å². The van der Waals surface area contributed by atoms with E-state index in [1.165, 1.54) is 0 Å².